The van der Waals surface area contributed by atoms with Crippen LogP contribution in [-0.4, -0.2) is 17.5 Å². The molecule has 2 aromatic rings. The van der Waals surface area contributed by atoms with Crippen molar-refractivity contribution in [2.45, 2.75) is 0 Å². The van der Waals surface area contributed by atoms with Crippen molar-refractivity contribution in [3.05, 3.63) is 58.5 Å². The first-order valence-corrected chi connectivity index (χ1v) is 6.99. The topological polar surface area (TPSA) is 149 Å². The lowest BCUT2D eigenvalue weighted by Gasteiger charge is -2.06. The molecule has 0 aromatic heterocycles. The van der Waals surface area contributed by atoms with Gasteiger partial charge in [0.1, 0.15) is 0 Å². The Labute approximate surface area is 127 Å². The zero-order valence-corrected chi connectivity index (χ0v) is 11.8. The lowest BCUT2D eigenvalue weighted by Crippen LogP contribution is -1.91. The van der Waals surface area contributed by atoms with E-state index in [2.05, 4.69) is 15.3 Å². The molecule has 2 aromatic carbocycles. The van der Waals surface area contributed by atoms with E-state index in [1.54, 1.807) is 48.5 Å². The fourth-order valence-electron chi connectivity index (χ4n) is 1.39. The summed E-state index contributed by atoms with van der Waals surface area (Å²) in [6.45, 7) is 0. The van der Waals surface area contributed by atoms with Gasteiger partial charge < -0.3 is 14.4 Å². The number of nitrogens with one attached hydrogen (secondary N) is 1. The summed E-state index contributed by atoms with van der Waals surface area (Å²) in [5.41, 5.74) is 2.77. The predicted molar refractivity (Wildman–Crippen MR) is 77.2 cm³/mol. The number of nitrogens with zero attached hydrogens (tertiary/aromatic N) is 4. The summed E-state index contributed by atoms with van der Waals surface area (Å²) in [5, 5.41) is 20.3. The molecule has 112 valence electrons. The first-order chi connectivity index (χ1) is 10.3. The van der Waals surface area contributed by atoms with Crippen molar-refractivity contribution in [3.8, 4) is 0 Å². The van der Waals surface area contributed by atoms with E-state index in [1.165, 1.54) is 0 Å². The largest absolute Gasteiger partial charge is 1.00 e. The first-order valence-electron chi connectivity index (χ1n) is 5.66. The third-order valence-corrected chi connectivity index (χ3v) is 2.25. The Bertz CT molecular complexity index is 747. The van der Waals surface area contributed by atoms with Gasteiger partial charge in [-0.15, -0.1) is 0 Å². The molecule has 0 amide bonds. The van der Waals surface area contributed by atoms with Crippen LogP contribution in [0.4, 0.5) is 22.7 Å². The average Bonchev–Trinajstić information content (AvgIpc) is 2.47. The van der Waals surface area contributed by atoms with E-state index in [0.717, 1.165) is 11.4 Å². The normalized spacial score (nSPS) is 9.64. The molecule has 0 fully saturated rings. The van der Waals surface area contributed by atoms with Crippen LogP contribution in [-0.2, 0) is 10.4 Å². The molecule has 0 saturated heterocycles. The number of benzene rings is 2. The average molecular weight is 320 g/mol. The molecule has 1 N–H and O–H groups in total. The zero-order chi connectivity index (χ0) is 16.6. The molecule has 0 unspecified atom stereocenters. The summed E-state index contributed by atoms with van der Waals surface area (Å²) in [4.78, 5) is 6.15. The fourth-order valence-corrected chi connectivity index (χ4v) is 1.39. The summed E-state index contributed by atoms with van der Waals surface area (Å²) in [6.07, 6.45) is 0. The minimum Gasteiger partial charge on any atom is -0.759 e. The van der Waals surface area contributed by atoms with Crippen LogP contribution < -0.4 is 5.32 Å². The lowest BCUT2D eigenvalue weighted by atomic mass is 10.2. The maximum atomic E-state index is 8.55. The third-order valence-electron chi connectivity index (χ3n) is 2.25. The molecular weight excluding hydrogens is 310 g/mol. The van der Waals surface area contributed by atoms with Crippen molar-refractivity contribution in [3.63, 3.8) is 0 Å². The monoisotopic (exact) mass is 320 g/mol. The summed E-state index contributed by atoms with van der Waals surface area (Å²) in [7, 11) is -5.17. The number of hydrogen-bond donors (Lipinski definition) is 1. The molecular formula is C12H10N5O4S+. The van der Waals surface area contributed by atoms with Crippen LogP contribution in [0.2, 0.25) is 0 Å². The highest BCUT2D eigenvalue weighted by Gasteiger charge is 2.05. The molecule has 0 aliphatic rings. The van der Waals surface area contributed by atoms with Gasteiger partial charge in [0.15, 0.2) is 9.95 Å². The van der Waals surface area contributed by atoms with E-state index in [-0.39, 0.29) is 1.43 Å². The Hall–Kier alpha value is -3.05. The number of anilines is 2. The Morgan fingerprint density at radius 2 is 1.09 bits per heavy atom. The van der Waals surface area contributed by atoms with Gasteiger partial charge >= 0.3 is 12.8 Å². The van der Waals surface area contributed by atoms with Gasteiger partial charge in [0.05, 0.1) is 0 Å². The van der Waals surface area contributed by atoms with Gasteiger partial charge in [0.2, 0.25) is 10.8 Å². The summed E-state index contributed by atoms with van der Waals surface area (Å²) < 4.78 is 34.1. The molecule has 0 saturated carbocycles. The van der Waals surface area contributed by atoms with Crippen LogP contribution in [0, 0.1) is 10.8 Å². The summed E-state index contributed by atoms with van der Waals surface area (Å²) in [6, 6.07) is 14.0. The van der Waals surface area contributed by atoms with Crippen molar-refractivity contribution in [1.82, 2.24) is 0 Å². The third kappa shape index (κ3) is 6.93. The van der Waals surface area contributed by atoms with Gasteiger partial charge in [0.25, 0.3) is 0 Å². The lowest BCUT2D eigenvalue weighted by molar-refractivity contribution is 0.352. The maximum Gasteiger partial charge on any atom is 1.00 e. The molecule has 0 aliphatic carbocycles. The van der Waals surface area contributed by atoms with Gasteiger partial charge in [-0.05, 0) is 24.3 Å². The Balaban J connectivity index is 0.000000709. The number of rotatable bonds is 2. The Morgan fingerprint density at radius 1 is 0.818 bits per heavy atom. The molecule has 9 nitrogen and oxygen atoms in total. The number of hydrogen-bond acceptors (Lipinski definition) is 7. The number of diazo groups is 2. The first kappa shape index (κ1) is 17.0. The van der Waals surface area contributed by atoms with E-state index in [9.17, 15) is 0 Å². The second-order valence-corrected chi connectivity index (χ2v) is 4.64. The SMILES string of the molecule is N#[N+]c1ccc(Nc2ccc([N+]#N)cc2)cc1.O=S(=O)([O-])[O-].[H+]. The molecule has 0 atom stereocenters. The second-order valence-electron chi connectivity index (χ2n) is 3.83. The summed E-state index contributed by atoms with van der Waals surface area (Å²) in [5.74, 6) is 0. The Morgan fingerprint density at radius 3 is 1.32 bits per heavy atom. The van der Waals surface area contributed by atoms with E-state index in [4.69, 9.17) is 28.3 Å². The van der Waals surface area contributed by atoms with Gasteiger partial charge in [0, 0.05) is 46.0 Å². The van der Waals surface area contributed by atoms with E-state index >= 15 is 0 Å². The molecule has 0 aliphatic heterocycles. The molecule has 10 heteroatoms. The van der Waals surface area contributed by atoms with E-state index in [0.29, 0.717) is 11.4 Å². The highest BCUT2D eigenvalue weighted by Crippen LogP contribution is 2.22. The van der Waals surface area contributed by atoms with Crippen molar-refractivity contribution >= 4 is 33.1 Å². The van der Waals surface area contributed by atoms with Crippen molar-refractivity contribution in [2.24, 2.45) is 0 Å². The fraction of sp³-hybridized carbons (Fsp3) is 0. The predicted octanol–water partition coefficient (Wildman–Crippen LogP) is 3.17. The standard InChI is InChI=1S/C12H9N5.H2O4S/c13-16-11-5-1-9(2-6-11)15-10-3-7-12(17-14)8-4-10;1-5(2,3)4/h1-8,15H;(H2,1,2,3,4)/q+2;/p-1. The maximum absolute atomic E-state index is 8.55. The van der Waals surface area contributed by atoms with Gasteiger partial charge in [-0.2, -0.15) is 0 Å². The highest BCUT2D eigenvalue weighted by atomic mass is 32.3. The van der Waals surface area contributed by atoms with E-state index in [1.807, 2.05) is 0 Å². The highest BCUT2D eigenvalue weighted by molar-refractivity contribution is 7.79. The molecule has 0 heterocycles. The van der Waals surface area contributed by atoms with Crippen LogP contribution in [0.5, 0.6) is 0 Å². The van der Waals surface area contributed by atoms with Crippen LogP contribution in [0.25, 0.3) is 9.95 Å². The van der Waals surface area contributed by atoms with Gasteiger partial charge in [-0.1, -0.05) is 0 Å². The van der Waals surface area contributed by atoms with Crippen LogP contribution in [0.15, 0.2) is 48.5 Å². The molecule has 0 bridgehead atoms. The smallest absolute Gasteiger partial charge is 0.759 e. The summed E-state index contributed by atoms with van der Waals surface area (Å²) >= 11 is 0. The van der Waals surface area contributed by atoms with E-state index < -0.39 is 10.4 Å². The second kappa shape index (κ2) is 7.66. The minimum absolute atomic E-state index is 0. The molecule has 22 heavy (non-hydrogen) atoms. The minimum atomic E-state index is -5.17. The zero-order valence-electron chi connectivity index (χ0n) is 11.9. The molecule has 2 rings (SSSR count). The van der Waals surface area contributed by atoms with Crippen LogP contribution in [0.1, 0.15) is 1.43 Å². The van der Waals surface area contributed by atoms with Crippen LogP contribution in [0.3, 0.4) is 0 Å². The van der Waals surface area contributed by atoms with Gasteiger partial charge in [-0.25, -0.2) is 0 Å². The molecule has 0 spiro atoms. The quantitative estimate of drug-likeness (QED) is 0.507. The van der Waals surface area contributed by atoms with Gasteiger partial charge in [-0.3, -0.25) is 8.42 Å². The van der Waals surface area contributed by atoms with Crippen molar-refractivity contribution < 1.29 is 18.9 Å². The Kier molecular flexibility index (Phi) is 5.92. The van der Waals surface area contributed by atoms with Crippen molar-refractivity contribution in [2.75, 3.05) is 5.32 Å². The van der Waals surface area contributed by atoms with Crippen LogP contribution >= 0.6 is 0 Å². The van der Waals surface area contributed by atoms with Crippen molar-refractivity contribution in [1.29, 1.82) is 10.8 Å². The molecule has 0 radical (unpaired) electrons.